The Kier molecular flexibility index (Phi) is 3.00. The molecule has 1 aliphatic heterocycles. The van der Waals surface area contributed by atoms with Crippen LogP contribution in [0.3, 0.4) is 0 Å². The molecule has 4 nitrogen and oxygen atoms in total. The molecule has 1 aromatic rings. The maximum Gasteiger partial charge on any atom is 0.414 e. The van der Waals surface area contributed by atoms with Gasteiger partial charge in [0.05, 0.1) is 17.3 Å². The minimum atomic E-state index is -0.507. The van der Waals surface area contributed by atoms with Crippen LogP contribution in [-0.2, 0) is 11.2 Å². The zero-order valence-electron chi connectivity index (χ0n) is 10.9. The first-order chi connectivity index (χ1) is 8.40. The maximum atomic E-state index is 12.0. The molecule has 0 saturated heterocycles. The molecule has 1 aliphatic rings. The number of carbonyl (C=O) groups is 1. The zero-order valence-corrected chi connectivity index (χ0v) is 10.9. The van der Waals surface area contributed by atoms with Gasteiger partial charge in [-0.25, -0.2) is 4.79 Å². The van der Waals surface area contributed by atoms with Gasteiger partial charge in [0.15, 0.2) is 0 Å². The van der Waals surface area contributed by atoms with Crippen molar-refractivity contribution in [2.75, 3.05) is 11.4 Å². The number of hydrogen-bond donors (Lipinski definition) is 0. The molecule has 18 heavy (non-hydrogen) atoms. The fraction of sp³-hybridized carbons (Fsp3) is 0.429. The molecule has 4 heteroatoms. The average molecular weight is 244 g/mol. The molecule has 0 aliphatic carbocycles. The number of anilines is 1. The number of amides is 1. The van der Waals surface area contributed by atoms with E-state index in [-0.39, 0.29) is 6.09 Å². The fourth-order valence-electron chi connectivity index (χ4n) is 1.96. The van der Waals surface area contributed by atoms with Gasteiger partial charge in [-0.15, -0.1) is 0 Å². The number of hydrogen-bond acceptors (Lipinski definition) is 3. The molecule has 0 unspecified atom stereocenters. The minimum Gasteiger partial charge on any atom is -0.443 e. The van der Waals surface area contributed by atoms with Crippen molar-refractivity contribution in [1.29, 1.82) is 5.26 Å². The average Bonchev–Trinajstić information content (AvgIpc) is 2.69. The molecule has 0 atom stereocenters. The van der Waals surface area contributed by atoms with Gasteiger partial charge in [-0.2, -0.15) is 5.26 Å². The molecule has 0 saturated carbocycles. The molecular weight excluding hydrogens is 228 g/mol. The van der Waals surface area contributed by atoms with E-state index in [1.807, 2.05) is 26.8 Å². The molecule has 0 bridgehead atoms. The number of benzene rings is 1. The summed E-state index contributed by atoms with van der Waals surface area (Å²) in [5.41, 5.74) is 1.93. The van der Waals surface area contributed by atoms with Crippen molar-refractivity contribution in [2.24, 2.45) is 0 Å². The Morgan fingerprint density at radius 3 is 2.78 bits per heavy atom. The second-order valence-electron chi connectivity index (χ2n) is 5.34. The van der Waals surface area contributed by atoms with Crippen LogP contribution in [0, 0.1) is 11.3 Å². The number of carbonyl (C=O) groups excluding carboxylic acids is 1. The van der Waals surface area contributed by atoms with E-state index in [4.69, 9.17) is 10.00 Å². The van der Waals surface area contributed by atoms with Crippen molar-refractivity contribution in [3.05, 3.63) is 29.3 Å². The highest BCUT2D eigenvalue weighted by atomic mass is 16.6. The van der Waals surface area contributed by atoms with Gasteiger partial charge in [0.2, 0.25) is 0 Å². The summed E-state index contributed by atoms with van der Waals surface area (Å²) in [5, 5.41) is 8.90. The van der Waals surface area contributed by atoms with E-state index in [0.29, 0.717) is 12.1 Å². The number of nitriles is 1. The third-order valence-corrected chi connectivity index (χ3v) is 2.72. The van der Waals surface area contributed by atoms with Crippen molar-refractivity contribution in [2.45, 2.75) is 32.8 Å². The maximum absolute atomic E-state index is 12.0. The van der Waals surface area contributed by atoms with E-state index in [1.54, 1.807) is 17.0 Å². The monoisotopic (exact) mass is 244 g/mol. The number of nitrogens with zero attached hydrogens (tertiary/aromatic N) is 2. The lowest BCUT2D eigenvalue weighted by Crippen LogP contribution is -2.35. The van der Waals surface area contributed by atoms with Gasteiger partial charge >= 0.3 is 6.09 Å². The van der Waals surface area contributed by atoms with Gasteiger partial charge < -0.3 is 4.74 Å². The molecule has 0 fully saturated rings. The minimum absolute atomic E-state index is 0.351. The van der Waals surface area contributed by atoms with Crippen molar-refractivity contribution < 1.29 is 9.53 Å². The third kappa shape index (κ3) is 2.45. The Morgan fingerprint density at radius 2 is 2.17 bits per heavy atom. The SMILES string of the molecule is CC(C)(C)OC(=O)N1CCc2ccc(C#N)cc21. The largest absolute Gasteiger partial charge is 0.443 e. The van der Waals surface area contributed by atoms with Gasteiger partial charge in [-0.3, -0.25) is 4.90 Å². The van der Waals surface area contributed by atoms with Gasteiger partial charge in [0.25, 0.3) is 0 Å². The van der Waals surface area contributed by atoms with E-state index < -0.39 is 5.60 Å². The predicted octanol–water partition coefficient (Wildman–Crippen LogP) is 2.86. The summed E-state index contributed by atoms with van der Waals surface area (Å²) in [5.74, 6) is 0. The summed E-state index contributed by atoms with van der Waals surface area (Å²) in [6.07, 6.45) is 0.455. The second kappa shape index (κ2) is 4.34. The lowest BCUT2D eigenvalue weighted by atomic mass is 10.1. The Labute approximate surface area is 107 Å². The highest BCUT2D eigenvalue weighted by Gasteiger charge is 2.28. The Hall–Kier alpha value is -2.02. The topological polar surface area (TPSA) is 53.3 Å². The van der Waals surface area contributed by atoms with Crippen LogP contribution >= 0.6 is 0 Å². The number of ether oxygens (including phenoxy) is 1. The Balaban J connectivity index is 2.26. The van der Waals surface area contributed by atoms with Crippen LogP contribution in [-0.4, -0.2) is 18.2 Å². The first-order valence-corrected chi connectivity index (χ1v) is 5.94. The van der Waals surface area contributed by atoms with Crippen LogP contribution < -0.4 is 4.90 Å². The molecule has 0 radical (unpaired) electrons. The molecule has 0 aromatic heterocycles. The first-order valence-electron chi connectivity index (χ1n) is 5.94. The van der Waals surface area contributed by atoms with E-state index >= 15 is 0 Å². The summed E-state index contributed by atoms with van der Waals surface area (Å²) >= 11 is 0. The zero-order chi connectivity index (χ0) is 13.3. The van der Waals surface area contributed by atoms with E-state index in [1.165, 1.54) is 0 Å². The third-order valence-electron chi connectivity index (χ3n) is 2.72. The van der Waals surface area contributed by atoms with Crippen LogP contribution in [0.15, 0.2) is 18.2 Å². The fourth-order valence-corrected chi connectivity index (χ4v) is 1.96. The van der Waals surface area contributed by atoms with Crippen LogP contribution in [0.2, 0.25) is 0 Å². The smallest absolute Gasteiger partial charge is 0.414 e. The van der Waals surface area contributed by atoms with Gasteiger partial charge in [0, 0.05) is 6.54 Å². The van der Waals surface area contributed by atoms with Crippen LogP contribution in [0.4, 0.5) is 10.5 Å². The highest BCUT2D eigenvalue weighted by molar-refractivity contribution is 5.90. The molecule has 1 aromatic carbocycles. The second-order valence-corrected chi connectivity index (χ2v) is 5.34. The molecule has 94 valence electrons. The van der Waals surface area contributed by atoms with E-state index in [0.717, 1.165) is 17.7 Å². The predicted molar refractivity (Wildman–Crippen MR) is 68.4 cm³/mol. The summed E-state index contributed by atoms with van der Waals surface area (Å²) in [6.45, 7) is 6.13. The highest BCUT2D eigenvalue weighted by Crippen LogP contribution is 2.30. The molecule has 0 spiro atoms. The summed E-state index contributed by atoms with van der Waals surface area (Å²) in [4.78, 5) is 13.6. The quantitative estimate of drug-likeness (QED) is 0.705. The lowest BCUT2D eigenvalue weighted by Gasteiger charge is -2.24. The van der Waals surface area contributed by atoms with Crippen LogP contribution in [0.1, 0.15) is 31.9 Å². The summed E-state index contributed by atoms with van der Waals surface area (Å²) in [7, 11) is 0. The molecule has 1 amide bonds. The van der Waals surface area contributed by atoms with Gasteiger partial charge in [-0.05, 0) is 44.9 Å². The normalized spacial score (nSPS) is 14.0. The van der Waals surface area contributed by atoms with Crippen molar-refractivity contribution in [3.63, 3.8) is 0 Å². The number of rotatable bonds is 0. The Morgan fingerprint density at radius 1 is 1.44 bits per heavy atom. The molecular formula is C14H16N2O2. The molecule has 0 N–H and O–H groups in total. The van der Waals surface area contributed by atoms with Gasteiger partial charge in [0.1, 0.15) is 5.60 Å². The first kappa shape index (κ1) is 12.4. The number of fused-ring (bicyclic) bond motifs is 1. The van der Waals surface area contributed by atoms with Crippen LogP contribution in [0.25, 0.3) is 0 Å². The summed E-state index contributed by atoms with van der Waals surface area (Å²) in [6, 6.07) is 7.50. The van der Waals surface area contributed by atoms with Crippen molar-refractivity contribution >= 4 is 11.8 Å². The lowest BCUT2D eigenvalue weighted by molar-refractivity contribution is 0.0584. The van der Waals surface area contributed by atoms with Gasteiger partial charge in [-0.1, -0.05) is 6.07 Å². The van der Waals surface area contributed by atoms with Crippen LogP contribution in [0.5, 0.6) is 0 Å². The summed E-state index contributed by atoms with van der Waals surface area (Å²) < 4.78 is 5.36. The van der Waals surface area contributed by atoms with E-state index in [9.17, 15) is 4.79 Å². The Bertz CT molecular complexity index is 524. The van der Waals surface area contributed by atoms with Crippen molar-refractivity contribution in [3.8, 4) is 6.07 Å². The standard InChI is InChI=1S/C14H16N2O2/c1-14(2,3)18-13(17)16-7-6-11-5-4-10(9-15)8-12(11)16/h4-5,8H,6-7H2,1-3H3. The van der Waals surface area contributed by atoms with Crippen molar-refractivity contribution in [1.82, 2.24) is 0 Å². The molecule has 1 heterocycles. The molecule has 2 rings (SSSR count). The van der Waals surface area contributed by atoms with E-state index in [2.05, 4.69) is 6.07 Å².